The van der Waals surface area contributed by atoms with Gasteiger partial charge in [-0.05, 0) is 90.7 Å². The molecular weight excluding hydrogens is 524 g/mol. The van der Waals surface area contributed by atoms with Gasteiger partial charge in [-0.25, -0.2) is 4.39 Å². The predicted octanol–water partition coefficient (Wildman–Crippen LogP) is 7.55. The lowest BCUT2D eigenvalue weighted by Crippen LogP contribution is -2.35. The fourth-order valence-corrected chi connectivity index (χ4v) is 4.89. The number of fused-ring (bicyclic) bond motifs is 1. The number of aldehydes is 1. The molecule has 0 saturated heterocycles. The zero-order valence-electron chi connectivity index (χ0n) is 20.8. The molecule has 0 unspecified atom stereocenters. The molecule has 0 radical (unpaired) electrons. The standard InChI is InChI=1S/C31H20F4N2O3/c32-21-8-4-18(5-9-21)28-24(17-38)23-15-19(7-11-26(23)40-28)22-16-20(6-10-25(22)31(33,34)35)29(39)37-30(12-13-30)27-3-1-2-14-36-27/h1-11,14-17H,12-13H2,(H,37,39). The Bertz CT molecular complexity index is 1760. The van der Waals surface area contributed by atoms with Gasteiger partial charge in [-0.3, -0.25) is 14.6 Å². The van der Waals surface area contributed by atoms with Crippen molar-refractivity contribution >= 4 is 23.2 Å². The van der Waals surface area contributed by atoms with Crippen molar-refractivity contribution in [2.24, 2.45) is 0 Å². The van der Waals surface area contributed by atoms with Crippen molar-refractivity contribution in [2.75, 3.05) is 0 Å². The summed E-state index contributed by atoms with van der Waals surface area (Å²) in [4.78, 5) is 29.6. The topological polar surface area (TPSA) is 72.2 Å². The third-order valence-electron chi connectivity index (χ3n) is 7.11. The van der Waals surface area contributed by atoms with E-state index >= 15 is 0 Å². The summed E-state index contributed by atoms with van der Waals surface area (Å²) >= 11 is 0. The van der Waals surface area contributed by atoms with Crippen LogP contribution in [0.1, 0.15) is 44.8 Å². The molecule has 2 aromatic heterocycles. The predicted molar refractivity (Wildman–Crippen MR) is 140 cm³/mol. The Kier molecular flexibility index (Phi) is 6.02. The number of carbonyl (C=O) groups is 2. The molecule has 6 rings (SSSR count). The fraction of sp³-hybridized carbons (Fsp3) is 0.129. The minimum atomic E-state index is -4.70. The summed E-state index contributed by atoms with van der Waals surface area (Å²) in [5, 5.41) is 3.23. The maximum Gasteiger partial charge on any atom is 0.417 e. The lowest BCUT2D eigenvalue weighted by Gasteiger charge is -2.18. The summed E-state index contributed by atoms with van der Waals surface area (Å²) in [6.45, 7) is 0. The number of carbonyl (C=O) groups excluding carboxylic acids is 2. The van der Waals surface area contributed by atoms with Crippen LogP contribution in [0, 0.1) is 5.82 Å². The monoisotopic (exact) mass is 544 g/mol. The highest BCUT2D eigenvalue weighted by atomic mass is 19.4. The van der Waals surface area contributed by atoms with E-state index in [0.717, 1.165) is 12.1 Å². The molecule has 5 nitrogen and oxygen atoms in total. The molecule has 40 heavy (non-hydrogen) atoms. The van der Waals surface area contributed by atoms with Crippen LogP contribution in [0.4, 0.5) is 17.6 Å². The lowest BCUT2D eigenvalue weighted by atomic mass is 9.94. The van der Waals surface area contributed by atoms with Gasteiger partial charge in [0.25, 0.3) is 5.91 Å². The van der Waals surface area contributed by atoms with Crippen LogP contribution >= 0.6 is 0 Å². The fourth-order valence-electron chi connectivity index (χ4n) is 4.89. The average molecular weight is 545 g/mol. The Hall–Kier alpha value is -4.79. The maximum atomic E-state index is 14.1. The van der Waals surface area contributed by atoms with E-state index in [9.17, 15) is 27.2 Å². The first kappa shape index (κ1) is 25.5. The van der Waals surface area contributed by atoms with Crippen LogP contribution in [-0.4, -0.2) is 17.2 Å². The Balaban J connectivity index is 1.42. The molecule has 1 saturated carbocycles. The van der Waals surface area contributed by atoms with E-state index in [2.05, 4.69) is 10.3 Å². The van der Waals surface area contributed by atoms with Crippen LogP contribution < -0.4 is 5.32 Å². The van der Waals surface area contributed by atoms with Crippen molar-refractivity contribution in [3.8, 4) is 22.5 Å². The van der Waals surface area contributed by atoms with E-state index in [4.69, 9.17) is 4.42 Å². The van der Waals surface area contributed by atoms with Crippen molar-refractivity contribution in [1.29, 1.82) is 0 Å². The maximum absolute atomic E-state index is 14.1. The first-order chi connectivity index (χ1) is 19.2. The van der Waals surface area contributed by atoms with Gasteiger partial charge in [0.2, 0.25) is 0 Å². The highest BCUT2D eigenvalue weighted by molar-refractivity contribution is 6.04. The third kappa shape index (κ3) is 4.53. The van der Waals surface area contributed by atoms with Crippen LogP contribution in [0.3, 0.4) is 0 Å². The number of pyridine rings is 1. The molecule has 1 fully saturated rings. The Morgan fingerprint density at radius 3 is 2.35 bits per heavy atom. The van der Waals surface area contributed by atoms with Gasteiger partial charge < -0.3 is 9.73 Å². The molecular formula is C31H20F4N2O3. The molecule has 1 N–H and O–H groups in total. The van der Waals surface area contributed by atoms with Crippen molar-refractivity contribution in [3.05, 3.63) is 113 Å². The van der Waals surface area contributed by atoms with Crippen LogP contribution in [0.2, 0.25) is 0 Å². The quantitative estimate of drug-likeness (QED) is 0.177. The van der Waals surface area contributed by atoms with Gasteiger partial charge in [0.05, 0.1) is 22.4 Å². The summed E-state index contributed by atoms with van der Waals surface area (Å²) < 4.78 is 61.5. The number of nitrogens with one attached hydrogen (secondary N) is 1. The highest BCUT2D eigenvalue weighted by Crippen LogP contribution is 2.45. The number of hydrogen-bond donors (Lipinski definition) is 1. The van der Waals surface area contributed by atoms with Crippen molar-refractivity contribution in [2.45, 2.75) is 24.6 Å². The van der Waals surface area contributed by atoms with E-state index < -0.39 is 29.0 Å². The molecule has 5 aromatic rings. The van der Waals surface area contributed by atoms with Crippen LogP contribution in [0.25, 0.3) is 33.4 Å². The van der Waals surface area contributed by atoms with Gasteiger partial charge in [0.15, 0.2) is 6.29 Å². The molecule has 200 valence electrons. The summed E-state index contributed by atoms with van der Waals surface area (Å²) in [6, 6.07) is 18.3. The second-order valence-corrected chi connectivity index (χ2v) is 9.69. The highest BCUT2D eigenvalue weighted by Gasteiger charge is 2.47. The third-order valence-corrected chi connectivity index (χ3v) is 7.11. The van der Waals surface area contributed by atoms with Crippen LogP contribution in [0.15, 0.2) is 89.5 Å². The first-order valence-electron chi connectivity index (χ1n) is 12.4. The second-order valence-electron chi connectivity index (χ2n) is 9.69. The van der Waals surface area contributed by atoms with E-state index in [1.165, 1.54) is 48.5 Å². The smallest absolute Gasteiger partial charge is 0.417 e. The van der Waals surface area contributed by atoms with E-state index in [0.29, 0.717) is 35.8 Å². The van der Waals surface area contributed by atoms with Crippen molar-refractivity contribution in [1.82, 2.24) is 10.3 Å². The van der Waals surface area contributed by atoms with E-state index in [1.54, 1.807) is 18.3 Å². The largest absolute Gasteiger partial charge is 0.455 e. The summed E-state index contributed by atoms with van der Waals surface area (Å²) in [6.07, 6.45) is -1.18. The number of amides is 1. The average Bonchev–Trinajstić information content (AvgIpc) is 3.64. The van der Waals surface area contributed by atoms with Gasteiger partial charge in [-0.15, -0.1) is 0 Å². The molecule has 9 heteroatoms. The normalized spacial score (nSPS) is 14.2. The van der Waals surface area contributed by atoms with Gasteiger partial charge in [-0.2, -0.15) is 13.2 Å². The molecule has 0 aliphatic heterocycles. The number of furan rings is 1. The number of rotatable bonds is 6. The van der Waals surface area contributed by atoms with Gasteiger partial charge in [0, 0.05) is 22.7 Å². The number of nitrogens with zero attached hydrogens (tertiary/aromatic N) is 1. The molecule has 2 heterocycles. The summed E-state index contributed by atoms with van der Waals surface area (Å²) in [5.41, 5.74) is -0.0510. The Labute approximate surface area is 225 Å². The van der Waals surface area contributed by atoms with Crippen molar-refractivity contribution < 1.29 is 31.6 Å². The Morgan fingerprint density at radius 1 is 0.950 bits per heavy atom. The van der Waals surface area contributed by atoms with Gasteiger partial charge in [-0.1, -0.05) is 12.1 Å². The van der Waals surface area contributed by atoms with Crippen molar-refractivity contribution in [3.63, 3.8) is 0 Å². The molecule has 0 bridgehead atoms. The number of benzene rings is 3. The second kappa shape index (κ2) is 9.44. The van der Waals surface area contributed by atoms with Gasteiger partial charge in [0.1, 0.15) is 17.2 Å². The molecule has 1 aliphatic carbocycles. The summed E-state index contributed by atoms with van der Waals surface area (Å²) in [7, 11) is 0. The zero-order chi connectivity index (χ0) is 28.1. The number of halogens is 4. The number of hydrogen-bond acceptors (Lipinski definition) is 4. The molecule has 1 aliphatic rings. The van der Waals surface area contributed by atoms with E-state index in [1.807, 2.05) is 6.07 Å². The Morgan fingerprint density at radius 2 is 1.70 bits per heavy atom. The lowest BCUT2D eigenvalue weighted by molar-refractivity contribution is -0.137. The first-order valence-corrected chi connectivity index (χ1v) is 12.4. The minimum Gasteiger partial charge on any atom is -0.455 e. The number of aromatic nitrogens is 1. The van der Waals surface area contributed by atoms with Crippen LogP contribution in [-0.2, 0) is 11.7 Å². The molecule has 0 atom stereocenters. The van der Waals surface area contributed by atoms with Gasteiger partial charge >= 0.3 is 6.18 Å². The van der Waals surface area contributed by atoms with Crippen LogP contribution in [0.5, 0.6) is 0 Å². The molecule has 0 spiro atoms. The molecule has 3 aromatic carbocycles. The minimum absolute atomic E-state index is 0.0557. The van der Waals surface area contributed by atoms with E-state index in [-0.39, 0.29) is 33.6 Å². The zero-order valence-corrected chi connectivity index (χ0v) is 20.8. The number of alkyl halides is 3. The SMILES string of the molecule is O=Cc1c(-c2ccc(F)cc2)oc2ccc(-c3cc(C(=O)NC4(c5ccccn5)CC4)ccc3C(F)(F)F)cc12. The summed E-state index contributed by atoms with van der Waals surface area (Å²) in [5.74, 6) is -0.809. The molecule has 1 amide bonds.